The van der Waals surface area contributed by atoms with Crippen LogP contribution in [0.4, 0.5) is 10.1 Å². The number of halogens is 2. The van der Waals surface area contributed by atoms with Crippen LogP contribution < -0.4 is 10.7 Å². The fraction of sp³-hybridized carbons (Fsp3) is 0.118. The maximum Gasteiger partial charge on any atom is 0.274 e. The first-order valence-corrected chi connectivity index (χ1v) is 7.47. The quantitative estimate of drug-likeness (QED) is 0.640. The van der Waals surface area contributed by atoms with E-state index >= 15 is 0 Å². The minimum atomic E-state index is -0.675. The Morgan fingerprint density at radius 1 is 1.12 bits per heavy atom. The minimum absolute atomic E-state index is 0.0137. The van der Waals surface area contributed by atoms with Crippen LogP contribution in [-0.2, 0) is 4.79 Å². The molecular weight excluding hydrogens is 333 g/mol. The summed E-state index contributed by atoms with van der Waals surface area (Å²) in [4.78, 5) is 23.7. The average molecular weight is 348 g/mol. The third-order valence-electron chi connectivity index (χ3n) is 3.01. The molecule has 0 radical (unpaired) electrons. The van der Waals surface area contributed by atoms with Gasteiger partial charge in [0.2, 0.25) is 5.91 Å². The molecule has 0 saturated heterocycles. The van der Waals surface area contributed by atoms with Crippen molar-refractivity contribution in [3.05, 3.63) is 64.9 Å². The van der Waals surface area contributed by atoms with E-state index in [-0.39, 0.29) is 17.9 Å². The molecule has 0 unspecified atom stereocenters. The van der Waals surface area contributed by atoms with Crippen molar-refractivity contribution in [1.29, 1.82) is 0 Å². The number of nitrogens with zero attached hydrogens (tertiary/aromatic N) is 1. The molecule has 0 spiro atoms. The van der Waals surface area contributed by atoms with E-state index in [1.165, 1.54) is 18.2 Å². The monoisotopic (exact) mass is 347 g/mol. The Kier molecular flexibility index (Phi) is 6.03. The first-order valence-electron chi connectivity index (χ1n) is 7.09. The van der Waals surface area contributed by atoms with Gasteiger partial charge in [-0.1, -0.05) is 23.7 Å². The third-order valence-corrected chi connectivity index (χ3v) is 3.26. The Bertz CT molecular complexity index is 776. The SMILES string of the molecule is C/C(CC(=O)Nc1ccc(Cl)cc1)=N/NC(=O)c1ccccc1F. The number of rotatable bonds is 5. The van der Waals surface area contributed by atoms with E-state index in [0.29, 0.717) is 16.4 Å². The van der Waals surface area contributed by atoms with Crippen LogP contribution in [0.5, 0.6) is 0 Å². The molecule has 7 heteroatoms. The highest BCUT2D eigenvalue weighted by Crippen LogP contribution is 2.13. The van der Waals surface area contributed by atoms with Crippen LogP contribution >= 0.6 is 11.6 Å². The lowest BCUT2D eigenvalue weighted by Gasteiger charge is -2.06. The zero-order valence-electron chi connectivity index (χ0n) is 12.8. The second-order valence-corrected chi connectivity index (χ2v) is 5.44. The highest BCUT2D eigenvalue weighted by atomic mass is 35.5. The Labute approximate surface area is 143 Å². The lowest BCUT2D eigenvalue weighted by molar-refractivity contribution is -0.115. The van der Waals surface area contributed by atoms with Gasteiger partial charge in [0.05, 0.1) is 12.0 Å². The normalized spacial score (nSPS) is 11.0. The van der Waals surface area contributed by atoms with Gasteiger partial charge in [-0.2, -0.15) is 5.10 Å². The first kappa shape index (κ1) is 17.6. The number of carbonyl (C=O) groups excluding carboxylic acids is 2. The molecular formula is C17H15ClFN3O2. The first-order chi connectivity index (χ1) is 11.5. The Hall–Kier alpha value is -2.73. The highest BCUT2D eigenvalue weighted by Gasteiger charge is 2.10. The number of nitrogens with one attached hydrogen (secondary N) is 2. The van der Waals surface area contributed by atoms with Crippen molar-refractivity contribution < 1.29 is 14.0 Å². The Balaban J connectivity index is 1.89. The van der Waals surface area contributed by atoms with Crippen LogP contribution in [-0.4, -0.2) is 17.5 Å². The molecule has 0 aromatic heterocycles. The number of hydrogen-bond donors (Lipinski definition) is 2. The van der Waals surface area contributed by atoms with Crippen molar-refractivity contribution in [1.82, 2.24) is 5.43 Å². The van der Waals surface area contributed by atoms with Crippen molar-refractivity contribution in [2.45, 2.75) is 13.3 Å². The van der Waals surface area contributed by atoms with Gasteiger partial charge in [0.25, 0.3) is 5.91 Å². The zero-order chi connectivity index (χ0) is 17.5. The van der Waals surface area contributed by atoms with Gasteiger partial charge in [0.15, 0.2) is 0 Å². The van der Waals surface area contributed by atoms with Gasteiger partial charge in [-0.05, 0) is 43.3 Å². The lowest BCUT2D eigenvalue weighted by Crippen LogP contribution is -2.22. The summed E-state index contributed by atoms with van der Waals surface area (Å²) < 4.78 is 13.5. The number of amides is 2. The Morgan fingerprint density at radius 3 is 2.46 bits per heavy atom. The van der Waals surface area contributed by atoms with Crippen LogP contribution in [0.2, 0.25) is 5.02 Å². The number of carbonyl (C=O) groups is 2. The highest BCUT2D eigenvalue weighted by molar-refractivity contribution is 6.30. The fourth-order valence-corrected chi connectivity index (χ4v) is 1.99. The van der Waals surface area contributed by atoms with Crippen LogP contribution in [0.3, 0.4) is 0 Å². The smallest absolute Gasteiger partial charge is 0.274 e. The van der Waals surface area contributed by atoms with Crippen LogP contribution in [0.1, 0.15) is 23.7 Å². The molecule has 5 nitrogen and oxygen atoms in total. The number of hydrogen-bond acceptors (Lipinski definition) is 3. The molecule has 0 fully saturated rings. The van der Waals surface area contributed by atoms with Gasteiger partial charge in [-0.3, -0.25) is 9.59 Å². The van der Waals surface area contributed by atoms with Crippen LogP contribution in [0.15, 0.2) is 53.6 Å². The van der Waals surface area contributed by atoms with Crippen molar-refractivity contribution in [2.24, 2.45) is 5.10 Å². The van der Waals surface area contributed by atoms with Crippen LogP contribution in [0, 0.1) is 5.82 Å². The maximum absolute atomic E-state index is 13.5. The molecule has 0 aliphatic rings. The summed E-state index contributed by atoms with van der Waals surface area (Å²) in [5.41, 5.74) is 3.10. The summed E-state index contributed by atoms with van der Waals surface area (Å²) in [7, 11) is 0. The molecule has 2 amide bonds. The molecule has 124 valence electrons. The third kappa shape index (κ3) is 5.17. The van der Waals surface area contributed by atoms with Gasteiger partial charge in [-0.25, -0.2) is 9.82 Å². The summed E-state index contributed by atoms with van der Waals surface area (Å²) in [5.74, 6) is -1.60. The van der Waals surface area contributed by atoms with Crippen molar-refractivity contribution in [3.63, 3.8) is 0 Å². The predicted octanol–water partition coefficient (Wildman–Crippen LogP) is 3.61. The zero-order valence-corrected chi connectivity index (χ0v) is 13.6. The van der Waals surface area contributed by atoms with E-state index in [4.69, 9.17) is 11.6 Å². The van der Waals surface area contributed by atoms with E-state index in [9.17, 15) is 14.0 Å². The summed E-state index contributed by atoms with van der Waals surface area (Å²) in [5, 5.41) is 7.05. The second-order valence-electron chi connectivity index (χ2n) is 5.00. The maximum atomic E-state index is 13.5. The molecule has 0 aliphatic heterocycles. The van der Waals surface area contributed by atoms with E-state index in [1.807, 2.05) is 0 Å². The fourth-order valence-electron chi connectivity index (χ4n) is 1.86. The molecule has 2 N–H and O–H groups in total. The summed E-state index contributed by atoms with van der Waals surface area (Å²) in [6, 6.07) is 12.2. The summed E-state index contributed by atoms with van der Waals surface area (Å²) in [6.07, 6.45) is -0.0137. The van der Waals surface area contributed by atoms with Gasteiger partial charge < -0.3 is 5.32 Å². The van der Waals surface area contributed by atoms with Gasteiger partial charge in [0, 0.05) is 16.4 Å². The van der Waals surface area contributed by atoms with Crippen molar-refractivity contribution >= 4 is 34.8 Å². The van der Waals surface area contributed by atoms with Crippen LogP contribution in [0.25, 0.3) is 0 Å². The predicted molar refractivity (Wildman–Crippen MR) is 91.7 cm³/mol. The molecule has 24 heavy (non-hydrogen) atoms. The number of hydrazone groups is 1. The molecule has 2 aromatic rings. The van der Waals surface area contributed by atoms with Gasteiger partial charge >= 0.3 is 0 Å². The van der Waals surface area contributed by atoms with Crippen molar-refractivity contribution in [3.8, 4) is 0 Å². The second kappa shape index (κ2) is 8.21. The molecule has 0 heterocycles. The number of benzene rings is 2. The van der Waals surface area contributed by atoms with E-state index in [0.717, 1.165) is 0 Å². The summed E-state index contributed by atoms with van der Waals surface area (Å²) in [6.45, 7) is 1.59. The van der Waals surface area contributed by atoms with Crippen molar-refractivity contribution in [2.75, 3.05) is 5.32 Å². The molecule has 0 bridgehead atoms. The topological polar surface area (TPSA) is 70.6 Å². The molecule has 0 saturated carbocycles. The van der Waals surface area contributed by atoms with Gasteiger partial charge in [0.1, 0.15) is 5.82 Å². The lowest BCUT2D eigenvalue weighted by atomic mass is 10.2. The molecule has 2 rings (SSSR count). The minimum Gasteiger partial charge on any atom is -0.326 e. The molecule has 2 aromatic carbocycles. The molecule has 0 aliphatic carbocycles. The van der Waals surface area contributed by atoms with E-state index < -0.39 is 11.7 Å². The average Bonchev–Trinajstić information content (AvgIpc) is 2.55. The molecule has 0 atom stereocenters. The number of anilines is 1. The van der Waals surface area contributed by atoms with E-state index in [2.05, 4.69) is 15.8 Å². The van der Waals surface area contributed by atoms with Gasteiger partial charge in [-0.15, -0.1) is 0 Å². The summed E-state index contributed by atoms with van der Waals surface area (Å²) >= 11 is 5.77. The Morgan fingerprint density at radius 2 is 1.79 bits per heavy atom. The van der Waals surface area contributed by atoms with E-state index in [1.54, 1.807) is 37.3 Å². The standard InChI is InChI=1S/C17H15ClFN3O2/c1-11(10-16(23)20-13-8-6-12(18)7-9-13)21-22-17(24)14-4-2-3-5-15(14)19/h2-9H,10H2,1H3,(H,20,23)(H,22,24)/b21-11-. The largest absolute Gasteiger partial charge is 0.326 e.